The number of pyridine rings is 1. The molecule has 6 heteroatoms. The van der Waals surface area contributed by atoms with Gasteiger partial charge in [0.25, 0.3) is 0 Å². The minimum absolute atomic E-state index is 0.00632. The summed E-state index contributed by atoms with van der Waals surface area (Å²) in [5, 5.41) is 10.3. The zero-order valence-corrected chi connectivity index (χ0v) is 16.5. The van der Waals surface area contributed by atoms with Crippen LogP contribution in [0.15, 0.2) is 18.2 Å². The van der Waals surface area contributed by atoms with Crippen LogP contribution in [0.5, 0.6) is 0 Å². The van der Waals surface area contributed by atoms with Crippen LogP contribution in [0.1, 0.15) is 52.9 Å². The van der Waals surface area contributed by atoms with Gasteiger partial charge < -0.3 is 5.11 Å². The number of carboxylic acids is 1. The molecule has 1 aliphatic carbocycles. The molecule has 0 saturated carbocycles. The summed E-state index contributed by atoms with van der Waals surface area (Å²) in [6, 6.07) is 5.01. The molecule has 3 rings (SSSR count). The van der Waals surface area contributed by atoms with Crippen molar-refractivity contribution in [3.8, 4) is 11.1 Å². The molecule has 0 radical (unpaired) electrons. The average molecular weight is 392 g/mol. The molecule has 136 valence electrons. The third-order valence-corrected chi connectivity index (χ3v) is 6.14. The minimum Gasteiger partial charge on any atom is -0.478 e. The van der Waals surface area contributed by atoms with Crippen molar-refractivity contribution in [2.45, 2.75) is 34.1 Å². The fourth-order valence-electron chi connectivity index (χ4n) is 3.54. The Kier molecular flexibility index (Phi) is 4.62. The van der Waals surface area contributed by atoms with Gasteiger partial charge in [-0.15, -0.1) is 0 Å². The number of halogens is 2. The topological polar surface area (TPSA) is 67.3 Å². The van der Waals surface area contributed by atoms with Gasteiger partial charge in [-0.1, -0.05) is 56.1 Å². The first-order valence-corrected chi connectivity index (χ1v) is 9.07. The molecule has 0 saturated heterocycles. The molecule has 1 aromatic carbocycles. The Morgan fingerprint density at radius 2 is 1.92 bits per heavy atom. The molecular formula is C20H19Cl2NO3. The highest BCUT2D eigenvalue weighted by atomic mass is 35.5. The van der Waals surface area contributed by atoms with Crippen LogP contribution < -0.4 is 0 Å². The van der Waals surface area contributed by atoms with Gasteiger partial charge in [0.2, 0.25) is 0 Å². The lowest BCUT2D eigenvalue weighted by Gasteiger charge is -2.37. The van der Waals surface area contributed by atoms with Crippen molar-refractivity contribution < 1.29 is 14.7 Å². The molecule has 1 unspecified atom stereocenters. The maximum absolute atomic E-state index is 13.2. The third kappa shape index (κ3) is 2.81. The lowest BCUT2D eigenvalue weighted by molar-refractivity contribution is 0.0696. The van der Waals surface area contributed by atoms with Gasteiger partial charge >= 0.3 is 5.97 Å². The van der Waals surface area contributed by atoms with E-state index in [1.165, 1.54) is 0 Å². The first-order valence-electron chi connectivity index (χ1n) is 8.31. The highest BCUT2D eigenvalue weighted by molar-refractivity contribution is 6.44. The van der Waals surface area contributed by atoms with Gasteiger partial charge in [-0.3, -0.25) is 9.78 Å². The fraction of sp³-hybridized carbons (Fsp3) is 0.350. The van der Waals surface area contributed by atoms with E-state index >= 15 is 0 Å². The number of aryl methyl sites for hydroxylation is 1. The second-order valence-electron chi connectivity index (χ2n) is 7.43. The van der Waals surface area contributed by atoms with Crippen LogP contribution in [0.3, 0.4) is 0 Å². The van der Waals surface area contributed by atoms with Crippen molar-refractivity contribution in [1.82, 2.24) is 4.98 Å². The van der Waals surface area contributed by atoms with Crippen LogP contribution in [0.4, 0.5) is 0 Å². The summed E-state index contributed by atoms with van der Waals surface area (Å²) in [5.74, 6) is -1.52. The number of hydrogen-bond acceptors (Lipinski definition) is 3. The van der Waals surface area contributed by atoms with Crippen LogP contribution in [-0.2, 0) is 6.42 Å². The summed E-state index contributed by atoms with van der Waals surface area (Å²) in [7, 11) is 0. The van der Waals surface area contributed by atoms with Gasteiger partial charge in [0.05, 0.1) is 27.0 Å². The number of aromatic carboxylic acids is 1. The van der Waals surface area contributed by atoms with Gasteiger partial charge in [0.15, 0.2) is 5.78 Å². The number of nitrogens with zero attached hydrogens (tertiary/aromatic N) is 1. The maximum Gasteiger partial charge on any atom is 0.338 e. The second kappa shape index (κ2) is 6.36. The summed E-state index contributed by atoms with van der Waals surface area (Å²) in [6.45, 7) is 7.55. The predicted molar refractivity (Wildman–Crippen MR) is 102 cm³/mol. The zero-order chi connectivity index (χ0) is 19.4. The van der Waals surface area contributed by atoms with Gasteiger partial charge in [0, 0.05) is 22.6 Å². The Balaban J connectivity index is 2.47. The molecule has 1 aliphatic rings. The van der Waals surface area contributed by atoms with Gasteiger partial charge in [-0.2, -0.15) is 0 Å². The van der Waals surface area contributed by atoms with Crippen LogP contribution in [-0.4, -0.2) is 21.8 Å². The molecule has 0 bridgehead atoms. The van der Waals surface area contributed by atoms with Crippen LogP contribution in [0.2, 0.25) is 10.0 Å². The molecule has 1 N–H and O–H groups in total. The number of aromatic nitrogens is 1. The standard InChI is InChI=1S/C20H19Cl2NO3/c1-9-18(24)16-13(8-20(9,3)4)23-10(2)14(19(25)26)15(16)11-6-5-7-12(21)17(11)22/h5-7,9H,8H2,1-4H3,(H,25,26). The van der Waals surface area contributed by atoms with Gasteiger partial charge in [-0.05, 0) is 24.8 Å². The van der Waals surface area contributed by atoms with Crippen molar-refractivity contribution in [2.24, 2.45) is 11.3 Å². The van der Waals surface area contributed by atoms with E-state index in [1.807, 2.05) is 20.8 Å². The van der Waals surface area contributed by atoms with E-state index in [0.29, 0.717) is 39.5 Å². The van der Waals surface area contributed by atoms with Crippen LogP contribution >= 0.6 is 23.2 Å². The Labute approximate surface area is 162 Å². The molecular weight excluding hydrogens is 373 g/mol. The number of carbonyl (C=O) groups is 2. The minimum atomic E-state index is -1.14. The largest absolute Gasteiger partial charge is 0.478 e. The molecule has 1 aromatic heterocycles. The summed E-state index contributed by atoms with van der Waals surface area (Å²) in [4.78, 5) is 29.7. The molecule has 1 heterocycles. The number of hydrogen-bond donors (Lipinski definition) is 1. The summed E-state index contributed by atoms with van der Waals surface area (Å²) in [6.07, 6.45) is 0.584. The van der Waals surface area contributed by atoms with E-state index in [2.05, 4.69) is 4.98 Å². The van der Waals surface area contributed by atoms with Crippen LogP contribution in [0.25, 0.3) is 11.1 Å². The normalized spacial score (nSPS) is 18.5. The first kappa shape index (κ1) is 18.9. The van der Waals surface area contributed by atoms with Crippen molar-refractivity contribution >= 4 is 35.0 Å². The number of carbonyl (C=O) groups excluding carboxylic acids is 1. The summed E-state index contributed by atoms with van der Waals surface area (Å²) < 4.78 is 0. The van der Waals surface area contributed by atoms with Crippen molar-refractivity contribution in [3.63, 3.8) is 0 Å². The molecule has 0 aliphatic heterocycles. The quantitative estimate of drug-likeness (QED) is 0.737. The monoisotopic (exact) mass is 391 g/mol. The van der Waals surface area contributed by atoms with E-state index in [-0.39, 0.29) is 27.7 Å². The van der Waals surface area contributed by atoms with Crippen molar-refractivity contribution in [2.75, 3.05) is 0 Å². The van der Waals surface area contributed by atoms with E-state index in [0.717, 1.165) is 0 Å². The number of fused-ring (bicyclic) bond motifs is 1. The number of benzene rings is 1. The Morgan fingerprint density at radius 1 is 1.27 bits per heavy atom. The SMILES string of the molecule is Cc1nc2c(c(-c3cccc(Cl)c3Cl)c1C(=O)O)C(=O)C(C)C(C)(C)C2. The molecule has 2 aromatic rings. The molecule has 0 spiro atoms. The highest BCUT2D eigenvalue weighted by Gasteiger charge is 2.42. The fourth-order valence-corrected chi connectivity index (χ4v) is 3.94. The Bertz CT molecular complexity index is 951. The molecule has 1 atom stereocenters. The van der Waals surface area contributed by atoms with E-state index < -0.39 is 5.97 Å². The van der Waals surface area contributed by atoms with Crippen molar-refractivity contribution in [3.05, 3.63) is 50.8 Å². The molecule has 26 heavy (non-hydrogen) atoms. The summed E-state index contributed by atoms with van der Waals surface area (Å²) in [5.41, 5.74) is 1.83. The maximum atomic E-state index is 13.2. The van der Waals surface area contributed by atoms with E-state index in [1.54, 1.807) is 25.1 Å². The first-order chi connectivity index (χ1) is 12.1. The second-order valence-corrected chi connectivity index (χ2v) is 8.21. The zero-order valence-electron chi connectivity index (χ0n) is 15.0. The molecule has 4 nitrogen and oxygen atoms in total. The van der Waals surface area contributed by atoms with Gasteiger partial charge in [-0.25, -0.2) is 4.79 Å². The lowest BCUT2D eigenvalue weighted by atomic mass is 9.66. The number of rotatable bonds is 2. The molecule has 0 fully saturated rings. The Hall–Kier alpha value is -1.91. The predicted octanol–water partition coefficient (Wildman–Crippen LogP) is 5.46. The summed E-state index contributed by atoms with van der Waals surface area (Å²) >= 11 is 12.5. The van der Waals surface area contributed by atoms with Crippen molar-refractivity contribution in [1.29, 1.82) is 0 Å². The number of Topliss-reactive ketones (excluding diaryl/α,β-unsaturated/α-hetero) is 1. The van der Waals surface area contributed by atoms with E-state index in [4.69, 9.17) is 23.2 Å². The Morgan fingerprint density at radius 3 is 2.54 bits per heavy atom. The van der Waals surface area contributed by atoms with Crippen LogP contribution in [0, 0.1) is 18.3 Å². The smallest absolute Gasteiger partial charge is 0.338 e. The third-order valence-electron chi connectivity index (χ3n) is 5.32. The highest BCUT2D eigenvalue weighted by Crippen LogP contribution is 2.45. The number of carboxylic acid groups (broad SMARTS) is 1. The van der Waals surface area contributed by atoms with Gasteiger partial charge in [0.1, 0.15) is 0 Å². The molecule has 0 amide bonds. The van der Waals surface area contributed by atoms with E-state index in [9.17, 15) is 14.7 Å². The average Bonchev–Trinajstić information content (AvgIpc) is 2.53. The lowest BCUT2D eigenvalue weighted by Crippen LogP contribution is -2.37. The number of ketones is 1.